The Kier molecular flexibility index (Phi) is 3.35. The van der Waals surface area contributed by atoms with Crippen molar-refractivity contribution in [1.29, 1.82) is 0 Å². The molecule has 2 aromatic rings. The number of anilines is 1. The number of furan rings is 1. The first-order valence-electron chi connectivity index (χ1n) is 5.16. The number of aryl methyl sites for hydroxylation is 1. The van der Waals surface area contributed by atoms with Gasteiger partial charge in [0.05, 0.1) is 5.69 Å². The van der Waals surface area contributed by atoms with Gasteiger partial charge in [0, 0.05) is 11.9 Å². The zero-order chi connectivity index (χ0) is 13.2. The average Bonchev–Trinajstić information content (AvgIpc) is 2.77. The molecule has 2 heterocycles. The van der Waals surface area contributed by atoms with E-state index in [9.17, 15) is 8.42 Å². The van der Waals surface area contributed by atoms with Gasteiger partial charge >= 0.3 is 0 Å². The highest BCUT2D eigenvalue weighted by Crippen LogP contribution is 2.18. The maximum Gasteiger partial charge on any atom is 0.295 e. The minimum absolute atomic E-state index is 0.196. The molecule has 18 heavy (non-hydrogen) atoms. The Morgan fingerprint density at radius 2 is 2.17 bits per heavy atom. The zero-order valence-electron chi connectivity index (χ0n) is 9.62. The van der Waals surface area contributed by atoms with Gasteiger partial charge in [-0.05, 0) is 31.2 Å². The van der Waals surface area contributed by atoms with Gasteiger partial charge in [-0.3, -0.25) is 9.71 Å². The van der Waals surface area contributed by atoms with Gasteiger partial charge in [0.15, 0.2) is 0 Å². The summed E-state index contributed by atoms with van der Waals surface area (Å²) in [5, 5.41) is 8.59. The Hall–Kier alpha value is -1.86. The lowest BCUT2D eigenvalue weighted by Gasteiger charge is -2.05. The minimum Gasteiger partial charge on any atom is -0.445 e. The standard InChI is InChI=1S/C11H12N2O4S/c1-8-6-9(4-5-12-8)13-18(15,16)11-3-2-10(7-14)17-11/h2-6,14H,7H2,1H3,(H,12,13). The van der Waals surface area contributed by atoms with Crippen molar-refractivity contribution in [3.8, 4) is 0 Å². The summed E-state index contributed by atoms with van der Waals surface area (Å²) in [5.74, 6) is 0.196. The number of aliphatic hydroxyl groups is 1. The molecule has 0 bridgehead atoms. The number of aliphatic hydroxyl groups excluding tert-OH is 1. The van der Waals surface area contributed by atoms with Crippen LogP contribution in [0.2, 0.25) is 0 Å². The van der Waals surface area contributed by atoms with E-state index in [4.69, 9.17) is 9.52 Å². The number of pyridine rings is 1. The van der Waals surface area contributed by atoms with E-state index in [-0.39, 0.29) is 17.5 Å². The lowest BCUT2D eigenvalue weighted by molar-refractivity contribution is 0.236. The summed E-state index contributed by atoms with van der Waals surface area (Å²) in [5.41, 5.74) is 1.11. The van der Waals surface area contributed by atoms with E-state index in [2.05, 4.69) is 9.71 Å². The van der Waals surface area contributed by atoms with Crippen molar-refractivity contribution < 1.29 is 17.9 Å². The molecule has 0 saturated carbocycles. The van der Waals surface area contributed by atoms with E-state index in [1.807, 2.05) is 0 Å². The van der Waals surface area contributed by atoms with Crippen LogP contribution in [0.5, 0.6) is 0 Å². The fraction of sp³-hybridized carbons (Fsp3) is 0.182. The smallest absolute Gasteiger partial charge is 0.295 e. The second-order valence-corrected chi connectivity index (χ2v) is 5.28. The summed E-state index contributed by atoms with van der Waals surface area (Å²) in [6.45, 7) is 1.42. The number of hydrogen-bond donors (Lipinski definition) is 2. The first-order chi connectivity index (χ1) is 8.51. The highest BCUT2D eigenvalue weighted by Gasteiger charge is 2.18. The number of nitrogens with one attached hydrogen (secondary N) is 1. The molecule has 0 saturated heterocycles. The summed E-state index contributed by atoms with van der Waals surface area (Å²) in [4.78, 5) is 3.97. The molecule has 2 N–H and O–H groups in total. The number of rotatable bonds is 4. The van der Waals surface area contributed by atoms with Crippen molar-refractivity contribution in [2.75, 3.05) is 4.72 Å². The third-order valence-electron chi connectivity index (χ3n) is 2.21. The summed E-state index contributed by atoms with van der Waals surface area (Å²) in [6.07, 6.45) is 1.51. The second kappa shape index (κ2) is 4.79. The second-order valence-electron chi connectivity index (χ2n) is 3.67. The fourth-order valence-electron chi connectivity index (χ4n) is 1.40. The van der Waals surface area contributed by atoms with Crippen molar-refractivity contribution in [2.24, 2.45) is 0 Å². The van der Waals surface area contributed by atoms with Crippen LogP contribution in [0.1, 0.15) is 11.5 Å². The van der Waals surface area contributed by atoms with Crippen molar-refractivity contribution in [3.05, 3.63) is 41.9 Å². The number of sulfonamides is 1. The van der Waals surface area contributed by atoms with Crippen molar-refractivity contribution in [2.45, 2.75) is 18.6 Å². The molecule has 0 aromatic carbocycles. The molecule has 0 fully saturated rings. The highest BCUT2D eigenvalue weighted by molar-refractivity contribution is 7.92. The molecule has 0 aliphatic heterocycles. The molecule has 0 unspecified atom stereocenters. The summed E-state index contributed by atoms with van der Waals surface area (Å²) in [7, 11) is -3.77. The van der Waals surface area contributed by atoms with Gasteiger partial charge in [0.25, 0.3) is 10.0 Å². The van der Waals surface area contributed by atoms with Crippen LogP contribution in [0.4, 0.5) is 5.69 Å². The van der Waals surface area contributed by atoms with Crippen LogP contribution in [-0.2, 0) is 16.6 Å². The first kappa shape index (κ1) is 12.6. The van der Waals surface area contributed by atoms with Gasteiger partial charge in [0.1, 0.15) is 12.4 Å². The van der Waals surface area contributed by atoms with E-state index in [0.29, 0.717) is 11.4 Å². The average molecular weight is 268 g/mol. The van der Waals surface area contributed by atoms with Crippen LogP contribution in [0.25, 0.3) is 0 Å². The third kappa shape index (κ3) is 2.69. The molecule has 2 rings (SSSR count). The van der Waals surface area contributed by atoms with Gasteiger partial charge in [-0.15, -0.1) is 0 Å². The fourth-order valence-corrected chi connectivity index (χ4v) is 2.40. The maximum atomic E-state index is 11.9. The molecular weight excluding hydrogens is 256 g/mol. The van der Waals surface area contributed by atoms with Crippen molar-refractivity contribution in [3.63, 3.8) is 0 Å². The lowest BCUT2D eigenvalue weighted by Crippen LogP contribution is -2.12. The molecule has 0 radical (unpaired) electrons. The summed E-state index contributed by atoms with van der Waals surface area (Å²) < 4.78 is 31.2. The highest BCUT2D eigenvalue weighted by atomic mass is 32.2. The lowest BCUT2D eigenvalue weighted by atomic mass is 10.3. The van der Waals surface area contributed by atoms with E-state index < -0.39 is 10.0 Å². The topological polar surface area (TPSA) is 92.4 Å². The third-order valence-corrected chi connectivity index (χ3v) is 3.46. The van der Waals surface area contributed by atoms with E-state index in [1.165, 1.54) is 18.3 Å². The van der Waals surface area contributed by atoms with Gasteiger partial charge in [-0.25, -0.2) is 0 Å². The van der Waals surface area contributed by atoms with E-state index in [0.717, 1.165) is 0 Å². The molecule has 96 valence electrons. The van der Waals surface area contributed by atoms with Crippen molar-refractivity contribution in [1.82, 2.24) is 4.98 Å². The van der Waals surface area contributed by atoms with Gasteiger partial charge in [-0.1, -0.05) is 0 Å². The van der Waals surface area contributed by atoms with Crippen LogP contribution in [0, 0.1) is 6.92 Å². The van der Waals surface area contributed by atoms with Gasteiger partial charge < -0.3 is 9.52 Å². The van der Waals surface area contributed by atoms with Crippen LogP contribution in [0.15, 0.2) is 40.0 Å². The van der Waals surface area contributed by atoms with Crippen LogP contribution < -0.4 is 4.72 Å². The van der Waals surface area contributed by atoms with Crippen LogP contribution in [0.3, 0.4) is 0 Å². The zero-order valence-corrected chi connectivity index (χ0v) is 10.4. The number of nitrogens with zero attached hydrogens (tertiary/aromatic N) is 1. The Morgan fingerprint density at radius 1 is 1.39 bits per heavy atom. The molecule has 0 atom stereocenters. The Morgan fingerprint density at radius 3 is 2.78 bits per heavy atom. The quantitative estimate of drug-likeness (QED) is 0.871. The Bertz CT molecular complexity index is 649. The molecule has 2 aromatic heterocycles. The monoisotopic (exact) mass is 268 g/mol. The molecule has 0 spiro atoms. The first-order valence-corrected chi connectivity index (χ1v) is 6.64. The van der Waals surface area contributed by atoms with E-state index in [1.54, 1.807) is 19.1 Å². The predicted molar refractivity (Wildman–Crippen MR) is 64.4 cm³/mol. The summed E-state index contributed by atoms with van der Waals surface area (Å²) in [6, 6.07) is 5.85. The SMILES string of the molecule is Cc1cc(NS(=O)(=O)c2ccc(CO)o2)ccn1. The predicted octanol–water partition coefficient (Wildman–Crippen LogP) is 1.28. The molecular formula is C11H12N2O4S. The largest absolute Gasteiger partial charge is 0.445 e. The molecule has 7 heteroatoms. The molecule has 6 nitrogen and oxygen atoms in total. The van der Waals surface area contributed by atoms with E-state index >= 15 is 0 Å². The van der Waals surface area contributed by atoms with Gasteiger partial charge in [-0.2, -0.15) is 8.42 Å². The summed E-state index contributed by atoms with van der Waals surface area (Å²) >= 11 is 0. The van der Waals surface area contributed by atoms with Crippen LogP contribution in [-0.4, -0.2) is 18.5 Å². The Labute approximate surface area is 104 Å². The molecule has 0 aliphatic rings. The minimum atomic E-state index is -3.77. The molecule has 0 amide bonds. The number of aromatic nitrogens is 1. The Balaban J connectivity index is 2.27. The number of hydrogen-bond acceptors (Lipinski definition) is 5. The molecule has 0 aliphatic carbocycles. The van der Waals surface area contributed by atoms with Crippen molar-refractivity contribution >= 4 is 15.7 Å². The normalized spacial score (nSPS) is 11.4. The maximum absolute atomic E-state index is 11.9. The van der Waals surface area contributed by atoms with Crippen LogP contribution >= 0.6 is 0 Å². The van der Waals surface area contributed by atoms with Gasteiger partial charge in [0.2, 0.25) is 5.09 Å².